The number of aryl methyl sites for hydroxylation is 1. The van der Waals surface area contributed by atoms with Crippen molar-refractivity contribution in [3.8, 4) is 11.5 Å². The molecule has 0 spiro atoms. The van der Waals surface area contributed by atoms with Crippen LogP contribution in [-0.4, -0.2) is 23.4 Å². The summed E-state index contributed by atoms with van der Waals surface area (Å²) in [5, 5.41) is 12.7. The number of Topliss-reactive ketones (excluding diaryl/α,β-unsaturated/α-hetero) is 1. The third-order valence-corrected chi connectivity index (χ3v) is 4.74. The summed E-state index contributed by atoms with van der Waals surface area (Å²) in [7, 11) is 0. The van der Waals surface area contributed by atoms with E-state index in [0.717, 1.165) is 19.3 Å². The van der Waals surface area contributed by atoms with E-state index in [1.165, 1.54) is 30.7 Å². The van der Waals surface area contributed by atoms with E-state index in [4.69, 9.17) is 4.74 Å². The van der Waals surface area contributed by atoms with E-state index >= 15 is 0 Å². The number of carbonyl (C=O) groups excluding carboxylic acids is 2. The number of phenols is 1. The number of anilines is 1. The molecular weight excluding hydrogens is 378 g/mol. The Bertz CT molecular complexity index is 1010. The summed E-state index contributed by atoms with van der Waals surface area (Å²) >= 11 is 0. The van der Waals surface area contributed by atoms with Crippen molar-refractivity contribution >= 4 is 17.4 Å². The second kappa shape index (κ2) is 10.3. The van der Waals surface area contributed by atoms with Crippen LogP contribution in [0.2, 0.25) is 0 Å². The molecule has 0 heterocycles. The maximum atomic E-state index is 12.8. The number of nitrogens with one attached hydrogen (secondary N) is 1. The van der Waals surface area contributed by atoms with Crippen LogP contribution in [0.4, 0.5) is 5.69 Å². The lowest BCUT2D eigenvalue weighted by atomic mass is 10.1. The van der Waals surface area contributed by atoms with E-state index in [2.05, 4.69) is 17.4 Å². The van der Waals surface area contributed by atoms with Gasteiger partial charge in [0.2, 0.25) is 0 Å². The van der Waals surface area contributed by atoms with Gasteiger partial charge < -0.3 is 15.2 Å². The lowest BCUT2D eigenvalue weighted by Crippen LogP contribution is -2.14. The van der Waals surface area contributed by atoms with E-state index in [-0.39, 0.29) is 17.2 Å². The second-order valence-electron chi connectivity index (χ2n) is 7.03. The molecular formula is C25H25NO4. The molecule has 2 N–H and O–H groups in total. The van der Waals surface area contributed by atoms with Crippen LogP contribution in [0.15, 0.2) is 72.8 Å². The van der Waals surface area contributed by atoms with Gasteiger partial charge >= 0.3 is 0 Å². The Kier molecular flexibility index (Phi) is 7.22. The Morgan fingerprint density at radius 2 is 1.67 bits per heavy atom. The third kappa shape index (κ3) is 5.70. The highest BCUT2D eigenvalue weighted by atomic mass is 16.5. The smallest absolute Gasteiger partial charge is 0.259 e. The Morgan fingerprint density at radius 3 is 2.43 bits per heavy atom. The number of unbranched alkanes of at least 4 members (excludes halogenated alkanes) is 1. The lowest BCUT2D eigenvalue weighted by molar-refractivity contribution is 0.100. The van der Waals surface area contributed by atoms with Crippen molar-refractivity contribution in [1.82, 2.24) is 0 Å². The number of hydrogen-bond acceptors (Lipinski definition) is 4. The molecule has 1 amide bonds. The molecule has 0 aliphatic heterocycles. The summed E-state index contributed by atoms with van der Waals surface area (Å²) in [6, 6.07) is 21.6. The van der Waals surface area contributed by atoms with Crippen molar-refractivity contribution in [2.75, 3.05) is 11.9 Å². The van der Waals surface area contributed by atoms with Crippen molar-refractivity contribution < 1.29 is 19.4 Å². The summed E-state index contributed by atoms with van der Waals surface area (Å²) in [6.45, 7) is 1.93. The fourth-order valence-electron chi connectivity index (χ4n) is 3.08. The SMILES string of the molecule is CC(=O)c1ccc(O)c(NC(=O)c2ccccc2OCCCCc2ccccc2)c1. The second-order valence-corrected chi connectivity index (χ2v) is 7.03. The Balaban J connectivity index is 1.60. The minimum Gasteiger partial charge on any atom is -0.506 e. The van der Waals surface area contributed by atoms with Gasteiger partial charge in [0.05, 0.1) is 17.9 Å². The van der Waals surface area contributed by atoms with Gasteiger partial charge in [-0.2, -0.15) is 0 Å². The molecule has 0 atom stereocenters. The monoisotopic (exact) mass is 403 g/mol. The number of benzene rings is 3. The molecule has 0 aliphatic rings. The molecule has 0 radical (unpaired) electrons. The number of rotatable bonds is 9. The highest BCUT2D eigenvalue weighted by molar-refractivity contribution is 6.07. The Labute approximate surface area is 176 Å². The summed E-state index contributed by atoms with van der Waals surface area (Å²) in [5.41, 5.74) is 2.26. The fraction of sp³-hybridized carbons (Fsp3) is 0.200. The predicted molar refractivity (Wildman–Crippen MR) is 117 cm³/mol. The maximum Gasteiger partial charge on any atom is 0.259 e. The quantitative estimate of drug-likeness (QED) is 0.291. The number of ketones is 1. The number of hydrogen-bond donors (Lipinski definition) is 2. The van der Waals surface area contributed by atoms with Crippen LogP contribution in [-0.2, 0) is 6.42 Å². The van der Waals surface area contributed by atoms with E-state index in [1.54, 1.807) is 18.2 Å². The first kappa shape index (κ1) is 21.1. The number of para-hydroxylation sites is 1. The highest BCUT2D eigenvalue weighted by Gasteiger charge is 2.15. The van der Waals surface area contributed by atoms with Gasteiger partial charge in [-0.1, -0.05) is 42.5 Å². The molecule has 0 fully saturated rings. The molecule has 3 rings (SSSR count). The normalized spacial score (nSPS) is 10.4. The van der Waals surface area contributed by atoms with Gasteiger partial charge in [-0.25, -0.2) is 0 Å². The highest BCUT2D eigenvalue weighted by Crippen LogP contribution is 2.27. The molecule has 0 aromatic heterocycles. The number of carbonyl (C=O) groups is 2. The first-order chi connectivity index (χ1) is 14.5. The van der Waals surface area contributed by atoms with Crippen molar-refractivity contribution in [2.45, 2.75) is 26.2 Å². The van der Waals surface area contributed by atoms with Crippen molar-refractivity contribution in [3.63, 3.8) is 0 Å². The first-order valence-corrected chi connectivity index (χ1v) is 9.95. The largest absolute Gasteiger partial charge is 0.506 e. The predicted octanol–water partition coefficient (Wildman–Crippen LogP) is 5.25. The maximum absolute atomic E-state index is 12.8. The first-order valence-electron chi connectivity index (χ1n) is 9.95. The fourth-order valence-corrected chi connectivity index (χ4v) is 3.08. The third-order valence-electron chi connectivity index (χ3n) is 4.74. The Morgan fingerprint density at radius 1 is 0.933 bits per heavy atom. The van der Waals surface area contributed by atoms with Crippen LogP contribution in [0.1, 0.15) is 46.0 Å². The zero-order valence-corrected chi connectivity index (χ0v) is 16.9. The van der Waals surface area contributed by atoms with Gasteiger partial charge in [-0.05, 0) is 62.1 Å². The van der Waals surface area contributed by atoms with Gasteiger partial charge in [0, 0.05) is 5.56 Å². The molecule has 0 saturated heterocycles. The molecule has 0 aliphatic carbocycles. The zero-order valence-electron chi connectivity index (χ0n) is 16.9. The van der Waals surface area contributed by atoms with Crippen LogP contribution in [0.5, 0.6) is 11.5 Å². The summed E-state index contributed by atoms with van der Waals surface area (Å²) in [4.78, 5) is 24.3. The molecule has 30 heavy (non-hydrogen) atoms. The van der Waals surface area contributed by atoms with Crippen molar-refractivity contribution in [2.24, 2.45) is 0 Å². The van der Waals surface area contributed by atoms with Gasteiger partial charge in [-0.15, -0.1) is 0 Å². The zero-order chi connectivity index (χ0) is 21.3. The van der Waals surface area contributed by atoms with Gasteiger partial charge in [-0.3, -0.25) is 9.59 Å². The van der Waals surface area contributed by atoms with Crippen LogP contribution in [0, 0.1) is 0 Å². The van der Waals surface area contributed by atoms with E-state index in [1.807, 2.05) is 24.3 Å². The summed E-state index contributed by atoms with van der Waals surface area (Å²) in [5.74, 6) is -0.180. The molecule has 0 saturated carbocycles. The topological polar surface area (TPSA) is 75.6 Å². The minimum absolute atomic E-state index is 0.104. The van der Waals surface area contributed by atoms with Crippen LogP contribution in [0.3, 0.4) is 0 Å². The van der Waals surface area contributed by atoms with E-state index < -0.39 is 5.91 Å². The molecule has 0 bridgehead atoms. The van der Waals surface area contributed by atoms with Gasteiger partial charge in [0.25, 0.3) is 5.91 Å². The molecule has 3 aromatic rings. The molecule has 3 aromatic carbocycles. The van der Waals surface area contributed by atoms with Crippen molar-refractivity contribution in [3.05, 3.63) is 89.5 Å². The van der Waals surface area contributed by atoms with Crippen LogP contribution >= 0.6 is 0 Å². The van der Waals surface area contributed by atoms with Gasteiger partial charge in [0.15, 0.2) is 5.78 Å². The van der Waals surface area contributed by atoms with Gasteiger partial charge in [0.1, 0.15) is 11.5 Å². The summed E-state index contributed by atoms with van der Waals surface area (Å²) < 4.78 is 5.85. The standard InChI is InChI=1S/C25H25NO4/c1-18(27)20-14-15-23(28)22(17-20)26-25(29)21-12-5-6-13-24(21)30-16-8-7-11-19-9-3-2-4-10-19/h2-6,9-10,12-15,17,28H,7-8,11,16H2,1H3,(H,26,29). The average Bonchev–Trinajstić information content (AvgIpc) is 2.76. The lowest BCUT2D eigenvalue weighted by Gasteiger charge is -2.13. The van der Waals surface area contributed by atoms with E-state index in [9.17, 15) is 14.7 Å². The van der Waals surface area contributed by atoms with Crippen molar-refractivity contribution in [1.29, 1.82) is 0 Å². The molecule has 0 unspecified atom stereocenters. The average molecular weight is 403 g/mol. The molecule has 5 heteroatoms. The molecule has 154 valence electrons. The number of aromatic hydroxyl groups is 1. The van der Waals surface area contributed by atoms with Crippen LogP contribution < -0.4 is 10.1 Å². The Hall–Kier alpha value is -3.60. The number of ether oxygens (including phenoxy) is 1. The van der Waals surface area contributed by atoms with Crippen LogP contribution in [0.25, 0.3) is 0 Å². The molecule has 5 nitrogen and oxygen atoms in total. The minimum atomic E-state index is -0.411. The number of amides is 1. The van der Waals surface area contributed by atoms with E-state index in [0.29, 0.717) is 23.5 Å². The summed E-state index contributed by atoms with van der Waals surface area (Å²) in [6.07, 6.45) is 2.84. The number of phenolic OH excluding ortho intramolecular Hbond substituents is 1.